The number of ether oxygens (including phenoxy) is 2. The lowest BCUT2D eigenvalue weighted by molar-refractivity contribution is 0.0434. The smallest absolute Gasteiger partial charge is 0.251 e. The molecule has 2 aliphatic rings. The molecule has 2 heterocycles. The fourth-order valence-corrected chi connectivity index (χ4v) is 3.03. The fourth-order valence-electron chi connectivity index (χ4n) is 2.69. The first kappa shape index (κ1) is 13.7. The Kier molecular flexibility index (Phi) is 3.85. The molecule has 20 heavy (non-hydrogen) atoms. The van der Waals surface area contributed by atoms with Gasteiger partial charge >= 0.3 is 0 Å². The van der Waals surface area contributed by atoms with Gasteiger partial charge in [-0.3, -0.25) is 4.79 Å². The van der Waals surface area contributed by atoms with Crippen molar-refractivity contribution < 1.29 is 14.3 Å². The van der Waals surface area contributed by atoms with E-state index in [2.05, 4.69) is 5.32 Å². The molecule has 1 aromatic rings. The summed E-state index contributed by atoms with van der Waals surface area (Å²) in [5, 5.41) is 3.10. The maximum absolute atomic E-state index is 12.4. The van der Waals surface area contributed by atoms with Crippen molar-refractivity contribution in [2.24, 2.45) is 0 Å². The van der Waals surface area contributed by atoms with Crippen LogP contribution >= 0.6 is 11.6 Å². The molecule has 5 heteroatoms. The van der Waals surface area contributed by atoms with Crippen molar-refractivity contribution in [3.8, 4) is 5.75 Å². The molecular formula is C15H18ClNO3. The Hall–Kier alpha value is -1.26. The van der Waals surface area contributed by atoms with E-state index in [1.165, 1.54) is 0 Å². The highest BCUT2D eigenvalue weighted by molar-refractivity contribution is 6.19. The number of hydrogen-bond donors (Lipinski definition) is 1. The van der Waals surface area contributed by atoms with Crippen LogP contribution in [-0.4, -0.2) is 37.1 Å². The van der Waals surface area contributed by atoms with Gasteiger partial charge in [0.05, 0.1) is 12.1 Å². The third kappa shape index (κ3) is 2.63. The maximum Gasteiger partial charge on any atom is 0.251 e. The summed E-state index contributed by atoms with van der Waals surface area (Å²) in [6, 6.07) is 5.59. The van der Waals surface area contributed by atoms with Crippen LogP contribution in [0.3, 0.4) is 0 Å². The molecule has 0 unspecified atom stereocenters. The molecule has 1 N–H and O–H groups in total. The van der Waals surface area contributed by atoms with Crippen molar-refractivity contribution in [2.75, 3.05) is 25.7 Å². The second-order valence-electron chi connectivity index (χ2n) is 5.40. The fraction of sp³-hybridized carbons (Fsp3) is 0.533. The number of rotatable bonds is 3. The summed E-state index contributed by atoms with van der Waals surface area (Å²) in [6.45, 7) is 1.99. The van der Waals surface area contributed by atoms with E-state index in [4.69, 9.17) is 21.1 Å². The average Bonchev–Trinajstić information content (AvgIpc) is 2.95. The Labute approximate surface area is 123 Å². The lowest BCUT2D eigenvalue weighted by atomic mass is 9.91. The number of nitrogens with one attached hydrogen (secondary N) is 1. The lowest BCUT2D eigenvalue weighted by Crippen LogP contribution is -2.53. The van der Waals surface area contributed by atoms with Crippen molar-refractivity contribution in [3.05, 3.63) is 29.3 Å². The van der Waals surface area contributed by atoms with Crippen LogP contribution in [0.4, 0.5) is 0 Å². The highest BCUT2D eigenvalue weighted by Crippen LogP contribution is 2.27. The quantitative estimate of drug-likeness (QED) is 0.869. The minimum absolute atomic E-state index is 0.0674. The number of halogens is 1. The second kappa shape index (κ2) is 5.62. The predicted molar refractivity (Wildman–Crippen MR) is 76.6 cm³/mol. The second-order valence-corrected chi connectivity index (χ2v) is 5.67. The van der Waals surface area contributed by atoms with Gasteiger partial charge in [0.1, 0.15) is 5.75 Å². The molecule has 2 aliphatic heterocycles. The Morgan fingerprint density at radius 2 is 2.10 bits per heavy atom. The van der Waals surface area contributed by atoms with Crippen molar-refractivity contribution >= 4 is 17.5 Å². The van der Waals surface area contributed by atoms with Gasteiger partial charge in [-0.1, -0.05) is 0 Å². The molecule has 0 aliphatic carbocycles. The highest BCUT2D eigenvalue weighted by Gasteiger charge is 2.33. The molecule has 0 radical (unpaired) electrons. The number of fused-ring (bicyclic) bond motifs is 1. The van der Waals surface area contributed by atoms with Crippen LogP contribution in [0, 0.1) is 0 Å². The molecule has 108 valence electrons. The zero-order valence-electron chi connectivity index (χ0n) is 11.3. The van der Waals surface area contributed by atoms with E-state index in [0.717, 1.165) is 30.6 Å². The Morgan fingerprint density at radius 3 is 2.85 bits per heavy atom. The first-order valence-corrected chi connectivity index (χ1v) is 7.48. The van der Waals surface area contributed by atoms with E-state index < -0.39 is 0 Å². The normalized spacial score (nSPS) is 20.1. The third-order valence-corrected chi connectivity index (χ3v) is 4.55. The summed E-state index contributed by atoms with van der Waals surface area (Å²) in [6.07, 6.45) is 2.39. The SMILES string of the molecule is O=C(NC1(CCl)CCOCC1)c1ccc2c(c1)CCO2. The molecule has 1 fully saturated rings. The zero-order valence-corrected chi connectivity index (χ0v) is 12.0. The molecule has 1 saturated heterocycles. The average molecular weight is 296 g/mol. The molecule has 0 spiro atoms. The van der Waals surface area contributed by atoms with Gasteiger partial charge in [0.25, 0.3) is 5.91 Å². The van der Waals surface area contributed by atoms with E-state index in [1.807, 2.05) is 12.1 Å². The number of hydrogen-bond acceptors (Lipinski definition) is 3. The summed E-state index contributed by atoms with van der Waals surface area (Å²) in [4.78, 5) is 12.4. The summed E-state index contributed by atoms with van der Waals surface area (Å²) in [7, 11) is 0. The van der Waals surface area contributed by atoms with Gasteiger partial charge in [-0.05, 0) is 36.6 Å². The maximum atomic E-state index is 12.4. The topological polar surface area (TPSA) is 47.6 Å². The number of amides is 1. The van der Waals surface area contributed by atoms with E-state index >= 15 is 0 Å². The molecule has 0 aromatic heterocycles. The largest absolute Gasteiger partial charge is 0.493 e. The molecule has 1 aromatic carbocycles. The summed E-state index contributed by atoms with van der Waals surface area (Å²) < 4.78 is 10.8. The summed E-state index contributed by atoms with van der Waals surface area (Å²) in [5.41, 5.74) is 1.43. The molecule has 0 bridgehead atoms. The minimum atomic E-state index is -0.341. The van der Waals surface area contributed by atoms with Crippen LogP contribution in [0.15, 0.2) is 18.2 Å². The number of carbonyl (C=O) groups is 1. The van der Waals surface area contributed by atoms with Gasteiger partial charge in [0, 0.05) is 31.1 Å². The molecule has 4 nitrogen and oxygen atoms in total. The van der Waals surface area contributed by atoms with Gasteiger partial charge < -0.3 is 14.8 Å². The van der Waals surface area contributed by atoms with Crippen LogP contribution in [0.5, 0.6) is 5.75 Å². The van der Waals surface area contributed by atoms with E-state index in [1.54, 1.807) is 6.07 Å². The van der Waals surface area contributed by atoms with Gasteiger partial charge in [0.15, 0.2) is 0 Å². The van der Waals surface area contributed by atoms with Crippen molar-refractivity contribution in [2.45, 2.75) is 24.8 Å². The highest BCUT2D eigenvalue weighted by atomic mass is 35.5. The van der Waals surface area contributed by atoms with E-state index in [-0.39, 0.29) is 11.4 Å². The molecule has 0 atom stereocenters. The monoisotopic (exact) mass is 295 g/mol. The van der Waals surface area contributed by atoms with Crippen LogP contribution < -0.4 is 10.1 Å². The minimum Gasteiger partial charge on any atom is -0.493 e. The third-order valence-electron chi connectivity index (χ3n) is 4.04. The summed E-state index contributed by atoms with van der Waals surface area (Å²) in [5.74, 6) is 1.23. The standard InChI is InChI=1S/C15H18ClNO3/c16-10-15(4-7-19-8-5-15)17-14(18)12-1-2-13-11(9-12)3-6-20-13/h1-2,9H,3-8,10H2,(H,17,18). The molecule has 1 amide bonds. The Morgan fingerprint density at radius 1 is 1.30 bits per heavy atom. The van der Waals surface area contributed by atoms with Crippen LogP contribution in [0.2, 0.25) is 0 Å². The van der Waals surface area contributed by atoms with Gasteiger partial charge in [-0.2, -0.15) is 0 Å². The van der Waals surface area contributed by atoms with Crippen molar-refractivity contribution in [3.63, 3.8) is 0 Å². The molecular weight excluding hydrogens is 278 g/mol. The zero-order chi connectivity index (χ0) is 14.0. The van der Waals surface area contributed by atoms with Crippen LogP contribution in [0.1, 0.15) is 28.8 Å². The summed E-state index contributed by atoms with van der Waals surface area (Å²) >= 11 is 6.07. The first-order valence-electron chi connectivity index (χ1n) is 6.94. The lowest BCUT2D eigenvalue weighted by Gasteiger charge is -2.36. The predicted octanol–water partition coefficient (Wildman–Crippen LogP) is 2.14. The number of carbonyl (C=O) groups excluding carboxylic acids is 1. The van der Waals surface area contributed by atoms with Gasteiger partial charge in [-0.25, -0.2) is 0 Å². The Bertz CT molecular complexity index is 512. The molecule has 3 rings (SSSR count). The Balaban J connectivity index is 1.75. The van der Waals surface area contributed by atoms with E-state index in [9.17, 15) is 4.79 Å². The van der Waals surface area contributed by atoms with Gasteiger partial charge in [0.2, 0.25) is 0 Å². The first-order chi connectivity index (χ1) is 9.72. The van der Waals surface area contributed by atoms with Crippen molar-refractivity contribution in [1.29, 1.82) is 0 Å². The molecule has 0 saturated carbocycles. The van der Waals surface area contributed by atoms with E-state index in [0.29, 0.717) is 31.3 Å². The van der Waals surface area contributed by atoms with Crippen LogP contribution in [-0.2, 0) is 11.2 Å². The van der Waals surface area contributed by atoms with Crippen LogP contribution in [0.25, 0.3) is 0 Å². The van der Waals surface area contributed by atoms with Crippen molar-refractivity contribution in [1.82, 2.24) is 5.32 Å². The number of alkyl halides is 1. The van der Waals surface area contributed by atoms with Gasteiger partial charge in [-0.15, -0.1) is 11.6 Å². The number of benzene rings is 1.